The van der Waals surface area contributed by atoms with Crippen molar-refractivity contribution in [2.75, 3.05) is 5.32 Å². The van der Waals surface area contributed by atoms with Crippen molar-refractivity contribution in [1.29, 1.82) is 0 Å². The predicted octanol–water partition coefficient (Wildman–Crippen LogP) is 3.50. The van der Waals surface area contributed by atoms with Gasteiger partial charge in [-0.15, -0.1) is 0 Å². The van der Waals surface area contributed by atoms with E-state index < -0.39 is 4.92 Å². The molecule has 0 saturated heterocycles. The maximum Gasteiger partial charge on any atom is 0.270 e. The van der Waals surface area contributed by atoms with Crippen LogP contribution in [0.3, 0.4) is 0 Å². The molecular formula is C12H7ClIN3O3. The van der Waals surface area contributed by atoms with Gasteiger partial charge in [-0.05, 0) is 40.8 Å². The van der Waals surface area contributed by atoms with Gasteiger partial charge < -0.3 is 5.32 Å². The Morgan fingerprint density at radius 3 is 2.65 bits per heavy atom. The van der Waals surface area contributed by atoms with Gasteiger partial charge in [0.1, 0.15) is 5.15 Å². The van der Waals surface area contributed by atoms with Crippen molar-refractivity contribution in [1.82, 2.24) is 4.98 Å². The quantitative estimate of drug-likeness (QED) is 0.368. The fraction of sp³-hybridized carbons (Fsp3) is 0. The van der Waals surface area contributed by atoms with Crippen molar-refractivity contribution < 1.29 is 9.72 Å². The highest BCUT2D eigenvalue weighted by atomic mass is 127. The van der Waals surface area contributed by atoms with Crippen molar-refractivity contribution in [3.63, 3.8) is 0 Å². The zero-order valence-electron chi connectivity index (χ0n) is 9.84. The van der Waals surface area contributed by atoms with Crippen LogP contribution < -0.4 is 5.32 Å². The number of hydrogen-bond acceptors (Lipinski definition) is 4. The molecule has 0 atom stereocenters. The molecule has 1 amide bonds. The first-order valence-corrected chi connectivity index (χ1v) is 6.80. The highest BCUT2D eigenvalue weighted by molar-refractivity contribution is 14.1. The van der Waals surface area contributed by atoms with Crippen LogP contribution in [0.25, 0.3) is 0 Å². The number of nitro groups is 1. The summed E-state index contributed by atoms with van der Waals surface area (Å²) < 4.78 is 0.497. The van der Waals surface area contributed by atoms with Gasteiger partial charge in [0.15, 0.2) is 0 Å². The van der Waals surface area contributed by atoms with Crippen molar-refractivity contribution in [3.05, 3.63) is 60.9 Å². The number of nitrogens with zero attached hydrogens (tertiary/aromatic N) is 2. The van der Waals surface area contributed by atoms with Crippen LogP contribution in [0.1, 0.15) is 10.4 Å². The lowest BCUT2D eigenvalue weighted by molar-refractivity contribution is -0.384. The first kappa shape index (κ1) is 14.7. The predicted molar refractivity (Wildman–Crippen MR) is 83.0 cm³/mol. The molecular weight excluding hydrogens is 397 g/mol. The average molecular weight is 404 g/mol. The molecule has 2 rings (SSSR count). The van der Waals surface area contributed by atoms with Gasteiger partial charge in [0.25, 0.3) is 11.6 Å². The second-order valence-electron chi connectivity index (χ2n) is 3.74. The number of benzene rings is 1. The molecule has 2 aromatic rings. The summed E-state index contributed by atoms with van der Waals surface area (Å²) in [6.45, 7) is 0. The Morgan fingerprint density at radius 2 is 2.10 bits per heavy atom. The maximum absolute atomic E-state index is 12.1. The zero-order valence-corrected chi connectivity index (χ0v) is 12.8. The van der Waals surface area contributed by atoms with Gasteiger partial charge in [-0.3, -0.25) is 14.9 Å². The molecule has 6 nitrogen and oxygen atoms in total. The Bertz CT molecular complexity index is 676. The molecule has 0 aliphatic rings. The molecule has 1 heterocycles. The van der Waals surface area contributed by atoms with Gasteiger partial charge in [-0.25, -0.2) is 4.98 Å². The van der Waals surface area contributed by atoms with Gasteiger partial charge in [0.05, 0.1) is 22.4 Å². The van der Waals surface area contributed by atoms with E-state index in [-0.39, 0.29) is 11.6 Å². The van der Waals surface area contributed by atoms with E-state index in [1.807, 2.05) is 22.6 Å². The Balaban J connectivity index is 2.21. The highest BCUT2D eigenvalue weighted by Gasteiger charge is 2.14. The number of rotatable bonds is 3. The Labute approximate surface area is 132 Å². The lowest BCUT2D eigenvalue weighted by Gasteiger charge is -2.06. The normalized spacial score (nSPS) is 10.1. The molecule has 0 saturated carbocycles. The van der Waals surface area contributed by atoms with Crippen LogP contribution in [0.2, 0.25) is 5.15 Å². The number of amides is 1. The SMILES string of the molecule is O=C(Nc1ccc(Cl)nc1)c1ccc([N+](=O)[O-])cc1I. The van der Waals surface area contributed by atoms with E-state index in [1.165, 1.54) is 24.4 Å². The van der Waals surface area contributed by atoms with E-state index in [2.05, 4.69) is 10.3 Å². The van der Waals surface area contributed by atoms with E-state index >= 15 is 0 Å². The minimum atomic E-state index is -0.507. The summed E-state index contributed by atoms with van der Waals surface area (Å²) >= 11 is 7.53. The van der Waals surface area contributed by atoms with Crippen LogP contribution in [0.5, 0.6) is 0 Å². The van der Waals surface area contributed by atoms with Gasteiger partial charge >= 0.3 is 0 Å². The monoisotopic (exact) mass is 403 g/mol. The standard InChI is InChI=1S/C12H7ClIN3O3/c13-11-4-1-7(6-15-11)16-12(18)9-3-2-8(17(19)20)5-10(9)14/h1-6H,(H,16,18). The summed E-state index contributed by atoms with van der Waals surface area (Å²) in [6.07, 6.45) is 1.43. The first-order chi connectivity index (χ1) is 9.47. The topological polar surface area (TPSA) is 85.1 Å². The summed E-state index contributed by atoms with van der Waals surface area (Å²) in [7, 11) is 0. The molecule has 0 fully saturated rings. The van der Waals surface area contributed by atoms with Crippen LogP contribution in [0.4, 0.5) is 11.4 Å². The lowest BCUT2D eigenvalue weighted by Crippen LogP contribution is -2.13. The van der Waals surface area contributed by atoms with Gasteiger partial charge in [-0.1, -0.05) is 11.6 Å². The minimum Gasteiger partial charge on any atom is -0.321 e. The molecule has 0 aliphatic carbocycles. The lowest BCUT2D eigenvalue weighted by atomic mass is 10.2. The second kappa shape index (κ2) is 6.14. The fourth-order valence-corrected chi connectivity index (χ4v) is 2.31. The molecule has 0 radical (unpaired) electrons. The molecule has 0 bridgehead atoms. The number of nitrogens with one attached hydrogen (secondary N) is 1. The van der Waals surface area contributed by atoms with Crippen LogP contribution in [0, 0.1) is 13.7 Å². The van der Waals surface area contributed by atoms with E-state index in [0.29, 0.717) is 20.0 Å². The fourth-order valence-electron chi connectivity index (χ4n) is 1.45. The smallest absolute Gasteiger partial charge is 0.270 e. The summed E-state index contributed by atoms with van der Waals surface area (Å²) in [5.41, 5.74) is 0.791. The van der Waals surface area contributed by atoms with E-state index in [1.54, 1.807) is 12.1 Å². The maximum atomic E-state index is 12.1. The number of carbonyl (C=O) groups excluding carboxylic acids is 1. The summed E-state index contributed by atoms with van der Waals surface area (Å²) in [5.74, 6) is -0.367. The molecule has 0 aliphatic heterocycles. The van der Waals surface area contributed by atoms with E-state index in [4.69, 9.17) is 11.6 Å². The van der Waals surface area contributed by atoms with Crippen LogP contribution in [-0.4, -0.2) is 15.8 Å². The number of pyridine rings is 1. The average Bonchev–Trinajstić information content (AvgIpc) is 2.41. The van der Waals surface area contributed by atoms with Crippen LogP contribution in [-0.2, 0) is 0 Å². The molecule has 1 N–H and O–H groups in total. The van der Waals surface area contributed by atoms with Crippen molar-refractivity contribution in [3.8, 4) is 0 Å². The summed E-state index contributed by atoms with van der Waals surface area (Å²) in [5, 5.41) is 13.6. The molecule has 0 unspecified atom stereocenters. The molecule has 102 valence electrons. The van der Waals surface area contributed by atoms with Gasteiger partial charge in [-0.2, -0.15) is 0 Å². The first-order valence-electron chi connectivity index (χ1n) is 5.34. The van der Waals surface area contributed by atoms with Crippen LogP contribution in [0.15, 0.2) is 36.5 Å². The number of hydrogen-bond donors (Lipinski definition) is 1. The summed E-state index contributed by atoms with van der Waals surface area (Å²) in [4.78, 5) is 26.0. The molecule has 1 aromatic heterocycles. The highest BCUT2D eigenvalue weighted by Crippen LogP contribution is 2.21. The largest absolute Gasteiger partial charge is 0.321 e. The number of non-ortho nitro benzene ring substituents is 1. The van der Waals surface area contributed by atoms with Crippen molar-refractivity contribution in [2.24, 2.45) is 0 Å². The van der Waals surface area contributed by atoms with Crippen LogP contribution >= 0.6 is 34.2 Å². The van der Waals surface area contributed by atoms with Crippen molar-refractivity contribution in [2.45, 2.75) is 0 Å². The molecule has 0 spiro atoms. The second-order valence-corrected chi connectivity index (χ2v) is 5.29. The van der Waals surface area contributed by atoms with Gasteiger partial charge in [0.2, 0.25) is 0 Å². The molecule has 20 heavy (non-hydrogen) atoms. The Kier molecular flexibility index (Phi) is 4.50. The third kappa shape index (κ3) is 3.42. The van der Waals surface area contributed by atoms with E-state index in [0.717, 1.165) is 0 Å². The van der Waals surface area contributed by atoms with Gasteiger partial charge in [0, 0.05) is 15.7 Å². The third-order valence-electron chi connectivity index (χ3n) is 2.39. The summed E-state index contributed by atoms with van der Waals surface area (Å²) in [6, 6.07) is 7.22. The number of nitro benzene ring substituents is 1. The Morgan fingerprint density at radius 1 is 1.35 bits per heavy atom. The van der Waals surface area contributed by atoms with E-state index in [9.17, 15) is 14.9 Å². The minimum absolute atomic E-state index is 0.0564. The van der Waals surface area contributed by atoms with Crippen molar-refractivity contribution >= 4 is 51.5 Å². The molecule has 1 aromatic carbocycles. The number of halogens is 2. The number of aromatic nitrogens is 1. The number of carbonyl (C=O) groups is 1. The zero-order chi connectivity index (χ0) is 14.7. The molecule has 8 heteroatoms. The Hall–Kier alpha value is -1.74. The number of anilines is 1. The third-order valence-corrected chi connectivity index (χ3v) is 3.51.